The molecule has 8 heteroatoms. The largest absolute Gasteiger partial charge is 0.507 e. The maximum atomic E-state index is 12.5. The molecule has 5 rings (SSSR count). The van der Waals surface area contributed by atoms with Crippen LogP contribution in [-0.2, 0) is 9.53 Å². The van der Waals surface area contributed by atoms with E-state index in [2.05, 4.69) is 34.9 Å². The molecule has 178 valence electrons. The first kappa shape index (κ1) is 22.5. The topological polar surface area (TPSA) is 125 Å². The van der Waals surface area contributed by atoms with E-state index in [0.29, 0.717) is 18.7 Å². The first-order valence-electron chi connectivity index (χ1n) is 11.4. The van der Waals surface area contributed by atoms with Crippen LogP contribution in [0, 0.1) is 11.8 Å². The van der Waals surface area contributed by atoms with Gasteiger partial charge >= 0.3 is 12.1 Å². The van der Waals surface area contributed by atoms with Crippen molar-refractivity contribution in [3.8, 4) is 16.9 Å². The number of anilines is 1. The summed E-state index contributed by atoms with van der Waals surface area (Å²) in [5.41, 5.74) is 4.61. The fourth-order valence-electron chi connectivity index (χ4n) is 4.68. The van der Waals surface area contributed by atoms with Crippen LogP contribution in [0.3, 0.4) is 0 Å². The summed E-state index contributed by atoms with van der Waals surface area (Å²) in [4.78, 5) is 35.9. The maximum Gasteiger partial charge on any atom is 0.407 e. The minimum Gasteiger partial charge on any atom is -0.507 e. The average Bonchev–Trinajstić information content (AvgIpc) is 3.57. The van der Waals surface area contributed by atoms with E-state index < -0.39 is 12.1 Å². The van der Waals surface area contributed by atoms with Gasteiger partial charge in [0, 0.05) is 24.1 Å². The van der Waals surface area contributed by atoms with Gasteiger partial charge in [-0.25, -0.2) is 9.59 Å². The summed E-state index contributed by atoms with van der Waals surface area (Å²) in [5, 5.41) is 24.1. The standard InChI is InChI=1S/C27H24N2O6/c30-24-10-9-16(12-22(24)26(32)33)29-25(31)21-11-15(21)13-28-27(34)35-14-23-19-7-3-1-5-17(19)18-6-2-4-8-20(18)23/h1-10,12,15,21,23,30H,11,13-14H2,(H,28,34)(H,29,31)(H,32,33). The van der Waals surface area contributed by atoms with E-state index in [0.717, 1.165) is 22.3 Å². The Morgan fingerprint density at radius 3 is 2.26 bits per heavy atom. The van der Waals surface area contributed by atoms with E-state index >= 15 is 0 Å². The molecule has 8 nitrogen and oxygen atoms in total. The van der Waals surface area contributed by atoms with Crippen molar-refractivity contribution in [3.63, 3.8) is 0 Å². The molecule has 1 saturated carbocycles. The number of rotatable bonds is 7. The van der Waals surface area contributed by atoms with Gasteiger partial charge in [0.1, 0.15) is 17.9 Å². The lowest BCUT2D eigenvalue weighted by Crippen LogP contribution is -2.29. The number of benzene rings is 3. The van der Waals surface area contributed by atoms with Crippen molar-refractivity contribution in [1.29, 1.82) is 0 Å². The number of carbonyl (C=O) groups is 3. The third-order valence-corrected chi connectivity index (χ3v) is 6.61. The van der Waals surface area contributed by atoms with Crippen LogP contribution >= 0.6 is 0 Å². The molecule has 0 bridgehead atoms. The molecule has 2 amide bonds. The van der Waals surface area contributed by atoms with Crippen LogP contribution in [0.4, 0.5) is 10.5 Å². The number of amides is 2. The molecule has 2 aliphatic rings. The molecule has 0 aromatic heterocycles. The summed E-state index contributed by atoms with van der Waals surface area (Å²) >= 11 is 0. The number of fused-ring (bicyclic) bond motifs is 3. The number of aromatic carboxylic acids is 1. The second kappa shape index (κ2) is 9.13. The molecule has 1 fully saturated rings. The second-order valence-electron chi connectivity index (χ2n) is 8.84. The average molecular weight is 472 g/mol. The molecule has 0 radical (unpaired) electrons. The van der Waals surface area contributed by atoms with Crippen molar-refractivity contribution >= 4 is 23.7 Å². The van der Waals surface area contributed by atoms with Crippen LogP contribution < -0.4 is 10.6 Å². The number of nitrogens with one attached hydrogen (secondary N) is 2. The smallest absolute Gasteiger partial charge is 0.407 e. The van der Waals surface area contributed by atoms with Crippen molar-refractivity contribution in [3.05, 3.63) is 83.4 Å². The summed E-state index contributed by atoms with van der Waals surface area (Å²) in [6.07, 6.45) is 0.0851. The van der Waals surface area contributed by atoms with Gasteiger partial charge in [-0.1, -0.05) is 48.5 Å². The first-order valence-corrected chi connectivity index (χ1v) is 11.4. The van der Waals surface area contributed by atoms with Crippen LogP contribution in [0.15, 0.2) is 66.7 Å². The highest BCUT2D eigenvalue weighted by Gasteiger charge is 2.43. The van der Waals surface area contributed by atoms with Gasteiger partial charge in [-0.15, -0.1) is 0 Å². The number of carboxylic acid groups (broad SMARTS) is 1. The fourth-order valence-corrected chi connectivity index (χ4v) is 4.68. The van der Waals surface area contributed by atoms with Gasteiger partial charge in [0.15, 0.2) is 0 Å². The fraction of sp³-hybridized carbons (Fsp3) is 0.222. The van der Waals surface area contributed by atoms with Crippen molar-refractivity contribution in [1.82, 2.24) is 5.32 Å². The van der Waals surface area contributed by atoms with Crippen LogP contribution in [-0.4, -0.2) is 41.3 Å². The lowest BCUT2D eigenvalue weighted by atomic mass is 9.98. The summed E-state index contributed by atoms with van der Waals surface area (Å²) in [5.74, 6) is -2.24. The van der Waals surface area contributed by atoms with E-state index in [1.54, 1.807) is 0 Å². The number of alkyl carbamates (subject to hydrolysis) is 1. The number of phenols is 1. The van der Waals surface area contributed by atoms with Crippen molar-refractivity contribution in [2.75, 3.05) is 18.5 Å². The van der Waals surface area contributed by atoms with E-state index in [1.807, 2.05) is 24.3 Å². The zero-order chi connectivity index (χ0) is 24.5. The quantitative estimate of drug-likeness (QED) is 0.382. The summed E-state index contributed by atoms with van der Waals surface area (Å²) < 4.78 is 5.53. The molecular formula is C27H24N2O6. The summed E-state index contributed by atoms with van der Waals surface area (Å²) in [7, 11) is 0. The van der Waals surface area contributed by atoms with Gasteiger partial charge < -0.3 is 25.6 Å². The molecule has 3 aromatic rings. The second-order valence-corrected chi connectivity index (χ2v) is 8.84. The number of ether oxygens (including phenoxy) is 1. The Morgan fingerprint density at radius 2 is 1.60 bits per heavy atom. The Labute approximate surface area is 201 Å². The highest BCUT2D eigenvalue weighted by atomic mass is 16.5. The van der Waals surface area contributed by atoms with Crippen LogP contribution in [0.25, 0.3) is 11.1 Å². The van der Waals surface area contributed by atoms with Crippen LogP contribution in [0.5, 0.6) is 5.75 Å². The van der Waals surface area contributed by atoms with Gasteiger partial charge in [-0.05, 0) is 52.8 Å². The predicted molar refractivity (Wildman–Crippen MR) is 128 cm³/mol. The van der Waals surface area contributed by atoms with Crippen molar-refractivity contribution < 1.29 is 29.3 Å². The van der Waals surface area contributed by atoms with Crippen LogP contribution in [0.2, 0.25) is 0 Å². The Balaban J connectivity index is 1.11. The number of carbonyl (C=O) groups excluding carboxylic acids is 2. The lowest BCUT2D eigenvalue weighted by molar-refractivity contribution is -0.117. The van der Waals surface area contributed by atoms with Gasteiger partial charge in [-0.2, -0.15) is 0 Å². The summed E-state index contributed by atoms with van der Waals surface area (Å²) in [6, 6.07) is 20.1. The van der Waals surface area contributed by atoms with E-state index in [9.17, 15) is 19.5 Å². The Kier molecular flexibility index (Phi) is 5.86. The molecule has 2 unspecified atom stereocenters. The first-order chi connectivity index (χ1) is 16.9. The highest BCUT2D eigenvalue weighted by Crippen LogP contribution is 2.44. The zero-order valence-electron chi connectivity index (χ0n) is 18.7. The van der Waals surface area contributed by atoms with E-state index in [4.69, 9.17) is 9.84 Å². The third-order valence-electron chi connectivity index (χ3n) is 6.61. The number of aromatic hydroxyl groups is 1. The predicted octanol–water partition coefficient (Wildman–Crippen LogP) is 4.20. The molecule has 4 N–H and O–H groups in total. The molecule has 0 aliphatic heterocycles. The molecule has 0 spiro atoms. The summed E-state index contributed by atoms with van der Waals surface area (Å²) in [6.45, 7) is 0.534. The molecule has 0 saturated heterocycles. The van der Waals surface area contributed by atoms with Gasteiger partial charge in [0.25, 0.3) is 0 Å². The maximum absolute atomic E-state index is 12.5. The van der Waals surface area contributed by atoms with Gasteiger partial charge in [0.05, 0.1) is 0 Å². The van der Waals surface area contributed by atoms with Crippen LogP contribution in [0.1, 0.15) is 33.8 Å². The Hall–Kier alpha value is -4.33. The number of carboxylic acids is 1. The SMILES string of the molecule is O=C(NCC1CC1C(=O)Nc1ccc(O)c(C(=O)O)c1)OCC1c2ccccc2-c2ccccc21. The van der Waals surface area contributed by atoms with E-state index in [-0.39, 0.29) is 41.6 Å². The van der Waals surface area contributed by atoms with Crippen molar-refractivity contribution in [2.45, 2.75) is 12.3 Å². The number of hydrogen-bond acceptors (Lipinski definition) is 5. The molecule has 2 atom stereocenters. The Bertz CT molecular complexity index is 1280. The monoisotopic (exact) mass is 472 g/mol. The highest BCUT2D eigenvalue weighted by molar-refractivity contribution is 5.97. The normalized spacial score (nSPS) is 17.7. The zero-order valence-corrected chi connectivity index (χ0v) is 18.7. The molecule has 2 aliphatic carbocycles. The van der Waals surface area contributed by atoms with Crippen molar-refractivity contribution in [2.24, 2.45) is 11.8 Å². The van der Waals surface area contributed by atoms with E-state index in [1.165, 1.54) is 18.2 Å². The van der Waals surface area contributed by atoms with Gasteiger partial charge in [0.2, 0.25) is 5.91 Å². The number of hydrogen-bond donors (Lipinski definition) is 4. The third kappa shape index (κ3) is 4.55. The van der Waals surface area contributed by atoms with Gasteiger partial charge in [-0.3, -0.25) is 4.79 Å². The molecular weight excluding hydrogens is 448 g/mol. The molecule has 3 aromatic carbocycles. The minimum absolute atomic E-state index is 0.0198. The molecule has 0 heterocycles. The Morgan fingerprint density at radius 1 is 0.943 bits per heavy atom. The minimum atomic E-state index is -1.28. The molecule has 35 heavy (non-hydrogen) atoms. The lowest BCUT2D eigenvalue weighted by Gasteiger charge is -2.14.